The van der Waals surface area contributed by atoms with Gasteiger partial charge in [-0.3, -0.25) is 4.90 Å². The van der Waals surface area contributed by atoms with Gasteiger partial charge in [0, 0.05) is 30.9 Å². The van der Waals surface area contributed by atoms with Crippen LogP contribution in [0.5, 0.6) is 0 Å². The minimum absolute atomic E-state index is 0.232. The fourth-order valence-electron chi connectivity index (χ4n) is 4.15. The molecule has 2 heterocycles. The number of aromatic nitrogens is 2. The van der Waals surface area contributed by atoms with Gasteiger partial charge < -0.3 is 5.32 Å². The van der Waals surface area contributed by atoms with Crippen molar-refractivity contribution in [1.82, 2.24) is 20.0 Å². The minimum atomic E-state index is -0.232. The van der Waals surface area contributed by atoms with E-state index in [1.165, 1.54) is 54.8 Å². The van der Waals surface area contributed by atoms with Crippen molar-refractivity contribution in [3.05, 3.63) is 82.4 Å². The van der Waals surface area contributed by atoms with Crippen LogP contribution in [0.2, 0.25) is 0 Å². The first-order valence-electron chi connectivity index (χ1n) is 10.4. The van der Waals surface area contributed by atoms with E-state index in [4.69, 9.17) is 0 Å². The molecule has 1 N–H and O–H groups in total. The molecule has 1 aromatic heterocycles. The molecule has 0 saturated carbocycles. The zero-order chi connectivity index (χ0) is 20.2. The largest absolute Gasteiger partial charge is 0.308 e. The number of aryl methyl sites for hydroxylation is 1. The molecule has 1 aliphatic rings. The van der Waals surface area contributed by atoms with E-state index in [-0.39, 0.29) is 5.82 Å². The minimum Gasteiger partial charge on any atom is -0.308 e. The van der Waals surface area contributed by atoms with Crippen LogP contribution in [0.1, 0.15) is 40.9 Å². The quantitative estimate of drug-likeness (QED) is 0.642. The first-order valence-corrected chi connectivity index (χ1v) is 10.4. The first kappa shape index (κ1) is 19.8. The van der Waals surface area contributed by atoms with Gasteiger partial charge in [0.15, 0.2) is 0 Å². The van der Waals surface area contributed by atoms with Crippen molar-refractivity contribution in [3.8, 4) is 5.69 Å². The highest BCUT2D eigenvalue weighted by Gasteiger charge is 2.15. The number of nitrogens with zero attached hydrogens (tertiary/aromatic N) is 3. The lowest BCUT2D eigenvalue weighted by atomic mass is 10.1. The van der Waals surface area contributed by atoms with Gasteiger partial charge in [0.25, 0.3) is 0 Å². The highest BCUT2D eigenvalue weighted by atomic mass is 19.1. The maximum absolute atomic E-state index is 13.2. The van der Waals surface area contributed by atoms with Crippen molar-refractivity contribution in [2.45, 2.75) is 46.3 Å². The Morgan fingerprint density at radius 3 is 2.34 bits per heavy atom. The third-order valence-electron chi connectivity index (χ3n) is 5.84. The summed E-state index contributed by atoms with van der Waals surface area (Å²) in [5, 5.41) is 8.28. The molecule has 0 atom stereocenters. The standard InChI is InChI=1S/C24H29FN4/c1-18-24(19(2)29(27-18)23-11-9-22(25)10-12-23)16-26-15-20-7-3-4-8-21(20)17-28-13-5-6-14-28/h3-4,7-12,26H,5-6,13-17H2,1-2H3. The second kappa shape index (κ2) is 8.89. The number of hydrogen-bond donors (Lipinski definition) is 1. The van der Waals surface area contributed by atoms with Crippen molar-refractivity contribution in [3.63, 3.8) is 0 Å². The Labute approximate surface area is 172 Å². The summed E-state index contributed by atoms with van der Waals surface area (Å²) in [6.07, 6.45) is 2.63. The maximum atomic E-state index is 13.2. The van der Waals surface area contributed by atoms with Gasteiger partial charge in [-0.05, 0) is 75.2 Å². The molecule has 2 aromatic carbocycles. The van der Waals surface area contributed by atoms with Gasteiger partial charge in [0.2, 0.25) is 0 Å². The zero-order valence-corrected chi connectivity index (χ0v) is 17.3. The SMILES string of the molecule is Cc1nn(-c2ccc(F)cc2)c(C)c1CNCc1ccccc1CN1CCCC1. The molecule has 29 heavy (non-hydrogen) atoms. The van der Waals surface area contributed by atoms with Crippen molar-refractivity contribution < 1.29 is 4.39 Å². The monoisotopic (exact) mass is 392 g/mol. The molecule has 0 amide bonds. The highest BCUT2D eigenvalue weighted by molar-refractivity contribution is 5.37. The number of hydrogen-bond acceptors (Lipinski definition) is 3. The lowest BCUT2D eigenvalue weighted by molar-refractivity contribution is 0.330. The van der Waals surface area contributed by atoms with Crippen LogP contribution in [0.3, 0.4) is 0 Å². The van der Waals surface area contributed by atoms with Crippen LogP contribution in [-0.4, -0.2) is 27.8 Å². The smallest absolute Gasteiger partial charge is 0.123 e. The van der Waals surface area contributed by atoms with E-state index in [0.29, 0.717) is 0 Å². The molecule has 0 aliphatic carbocycles. The fraction of sp³-hybridized carbons (Fsp3) is 0.375. The summed E-state index contributed by atoms with van der Waals surface area (Å²) < 4.78 is 15.1. The Morgan fingerprint density at radius 1 is 0.931 bits per heavy atom. The van der Waals surface area contributed by atoms with E-state index in [1.807, 2.05) is 11.6 Å². The van der Waals surface area contributed by atoms with Crippen LogP contribution in [0, 0.1) is 19.7 Å². The van der Waals surface area contributed by atoms with Crippen LogP contribution in [0.15, 0.2) is 48.5 Å². The molecule has 5 heteroatoms. The van der Waals surface area contributed by atoms with E-state index in [0.717, 1.165) is 36.7 Å². The third-order valence-corrected chi connectivity index (χ3v) is 5.84. The summed E-state index contributed by atoms with van der Waals surface area (Å²) in [7, 11) is 0. The Hall–Kier alpha value is -2.50. The molecule has 1 fully saturated rings. The van der Waals surface area contributed by atoms with Crippen LogP contribution < -0.4 is 5.32 Å². The summed E-state index contributed by atoms with van der Waals surface area (Å²) in [4.78, 5) is 2.54. The number of benzene rings is 2. The molecule has 0 spiro atoms. The predicted molar refractivity (Wildman–Crippen MR) is 114 cm³/mol. The maximum Gasteiger partial charge on any atom is 0.123 e. The van der Waals surface area contributed by atoms with Gasteiger partial charge in [0.05, 0.1) is 11.4 Å². The summed E-state index contributed by atoms with van der Waals surface area (Å²) in [6.45, 7) is 9.17. The summed E-state index contributed by atoms with van der Waals surface area (Å²) in [5.41, 5.74) is 6.95. The van der Waals surface area contributed by atoms with Gasteiger partial charge in [-0.1, -0.05) is 24.3 Å². The Morgan fingerprint density at radius 2 is 1.62 bits per heavy atom. The molecular formula is C24H29FN4. The van der Waals surface area contributed by atoms with E-state index in [2.05, 4.69) is 46.5 Å². The van der Waals surface area contributed by atoms with E-state index >= 15 is 0 Å². The highest BCUT2D eigenvalue weighted by Crippen LogP contribution is 2.19. The van der Waals surface area contributed by atoms with Crippen LogP contribution in [-0.2, 0) is 19.6 Å². The Kier molecular flexibility index (Phi) is 6.07. The van der Waals surface area contributed by atoms with Crippen LogP contribution in [0.25, 0.3) is 5.69 Å². The molecule has 0 unspecified atom stereocenters. The average molecular weight is 393 g/mol. The van der Waals surface area contributed by atoms with Gasteiger partial charge >= 0.3 is 0 Å². The van der Waals surface area contributed by atoms with E-state index < -0.39 is 0 Å². The Bertz CT molecular complexity index is 956. The lowest BCUT2D eigenvalue weighted by Gasteiger charge is -2.18. The summed E-state index contributed by atoms with van der Waals surface area (Å²) >= 11 is 0. The van der Waals surface area contributed by atoms with E-state index in [9.17, 15) is 4.39 Å². The molecule has 1 aliphatic heterocycles. The number of nitrogens with one attached hydrogen (secondary N) is 1. The third kappa shape index (κ3) is 4.57. The van der Waals surface area contributed by atoms with Crippen molar-refractivity contribution in [2.24, 2.45) is 0 Å². The predicted octanol–water partition coefficient (Wildman–Crippen LogP) is 4.51. The van der Waals surface area contributed by atoms with Gasteiger partial charge in [-0.15, -0.1) is 0 Å². The van der Waals surface area contributed by atoms with Crippen LogP contribution in [0.4, 0.5) is 4.39 Å². The summed E-state index contributed by atoms with van der Waals surface area (Å²) in [6, 6.07) is 15.2. The van der Waals surface area contributed by atoms with E-state index in [1.54, 1.807) is 12.1 Å². The van der Waals surface area contributed by atoms with Gasteiger partial charge in [-0.2, -0.15) is 5.10 Å². The molecule has 1 saturated heterocycles. The number of likely N-dealkylation sites (tertiary alicyclic amines) is 1. The van der Waals surface area contributed by atoms with Gasteiger partial charge in [-0.25, -0.2) is 9.07 Å². The Balaban J connectivity index is 1.43. The molecule has 152 valence electrons. The number of halogens is 1. The molecule has 0 bridgehead atoms. The molecule has 4 rings (SSSR count). The molecule has 0 radical (unpaired) electrons. The zero-order valence-electron chi connectivity index (χ0n) is 17.3. The van der Waals surface area contributed by atoms with Crippen LogP contribution >= 0.6 is 0 Å². The van der Waals surface area contributed by atoms with Gasteiger partial charge in [0.1, 0.15) is 5.82 Å². The first-order chi connectivity index (χ1) is 14.1. The molecule has 3 aromatic rings. The second-order valence-corrected chi connectivity index (χ2v) is 7.89. The fourth-order valence-corrected chi connectivity index (χ4v) is 4.15. The topological polar surface area (TPSA) is 33.1 Å². The number of rotatable bonds is 7. The second-order valence-electron chi connectivity index (χ2n) is 7.89. The normalized spacial score (nSPS) is 14.6. The van der Waals surface area contributed by atoms with Crippen molar-refractivity contribution in [2.75, 3.05) is 13.1 Å². The molecular weight excluding hydrogens is 363 g/mol. The summed E-state index contributed by atoms with van der Waals surface area (Å²) in [5.74, 6) is -0.232. The lowest BCUT2D eigenvalue weighted by Crippen LogP contribution is -2.21. The molecule has 4 nitrogen and oxygen atoms in total. The van der Waals surface area contributed by atoms with Crippen molar-refractivity contribution in [1.29, 1.82) is 0 Å². The van der Waals surface area contributed by atoms with Crippen molar-refractivity contribution >= 4 is 0 Å². The average Bonchev–Trinajstić information content (AvgIpc) is 3.33.